The van der Waals surface area contributed by atoms with E-state index < -0.39 is 22.6 Å². The molecule has 0 spiro atoms. The molecule has 0 saturated carbocycles. The third-order valence-electron chi connectivity index (χ3n) is 6.22. The van der Waals surface area contributed by atoms with Crippen molar-refractivity contribution < 1.29 is 21.6 Å². The zero-order chi connectivity index (χ0) is 25.9. The van der Waals surface area contributed by atoms with Crippen molar-refractivity contribution in [3.8, 4) is 11.8 Å². The minimum absolute atomic E-state index is 0.140. The number of hydrogen-bond acceptors (Lipinski definition) is 5. The van der Waals surface area contributed by atoms with Crippen molar-refractivity contribution in [2.45, 2.75) is 36.5 Å². The van der Waals surface area contributed by atoms with Crippen molar-refractivity contribution in [1.82, 2.24) is 9.47 Å². The van der Waals surface area contributed by atoms with Crippen LogP contribution in [0.2, 0.25) is 0 Å². The predicted molar refractivity (Wildman–Crippen MR) is 137 cm³/mol. The summed E-state index contributed by atoms with van der Waals surface area (Å²) in [6.45, 7) is 0.947. The van der Waals surface area contributed by atoms with Crippen LogP contribution in [-0.4, -0.2) is 63.0 Å². The first kappa shape index (κ1) is 25.9. The number of halogens is 3. The molecule has 36 heavy (non-hydrogen) atoms. The van der Waals surface area contributed by atoms with E-state index in [1.54, 1.807) is 30.3 Å². The highest BCUT2D eigenvalue weighted by Crippen LogP contribution is 2.31. The van der Waals surface area contributed by atoms with Crippen molar-refractivity contribution in [1.29, 1.82) is 0 Å². The number of nitrogens with one attached hydrogen (secondary N) is 2. The molecule has 0 amide bonds. The van der Waals surface area contributed by atoms with Crippen LogP contribution in [0.4, 0.5) is 24.5 Å². The third-order valence-corrected chi connectivity index (χ3v) is 7.33. The molecule has 2 heterocycles. The summed E-state index contributed by atoms with van der Waals surface area (Å²) in [4.78, 5) is 2.44. The minimum atomic E-state index is -4.40. The van der Waals surface area contributed by atoms with Gasteiger partial charge in [-0.25, -0.2) is 8.42 Å². The highest BCUT2D eigenvalue weighted by molar-refractivity contribution is 7.90. The van der Waals surface area contributed by atoms with Gasteiger partial charge < -0.3 is 20.1 Å². The van der Waals surface area contributed by atoms with Crippen molar-refractivity contribution in [2.24, 2.45) is 0 Å². The van der Waals surface area contributed by atoms with Gasteiger partial charge in [0.15, 0.2) is 9.84 Å². The fraction of sp³-hybridized carbons (Fsp3) is 0.385. The Labute approximate surface area is 209 Å². The maximum Gasteiger partial charge on any atom is 0.406 e. The summed E-state index contributed by atoms with van der Waals surface area (Å²) in [7, 11) is -1.27. The first-order valence-electron chi connectivity index (χ1n) is 11.7. The summed E-state index contributed by atoms with van der Waals surface area (Å²) in [6, 6.07) is 13.6. The van der Waals surface area contributed by atoms with Crippen LogP contribution in [-0.2, 0) is 16.4 Å². The van der Waals surface area contributed by atoms with Gasteiger partial charge in [-0.1, -0.05) is 18.1 Å². The lowest BCUT2D eigenvalue weighted by molar-refractivity contribution is -0.140. The highest BCUT2D eigenvalue weighted by atomic mass is 32.2. The molecule has 1 aliphatic rings. The molecule has 6 nitrogen and oxygen atoms in total. The standard InChI is InChI=1S/C26H29F3N4O2S/c1-32-14-11-19(12-15-32)31-24-9-4-10-25-23(24)17-21(33(25)18-26(27,28)29)7-5-13-30-20-6-3-8-22(16-20)36(2,34)35/h3-4,6,8-10,16-17,19,30-31H,11-15,18H2,1-2H3. The molecule has 2 aromatic carbocycles. The second kappa shape index (κ2) is 10.4. The molecule has 192 valence electrons. The molecule has 0 bridgehead atoms. The summed E-state index contributed by atoms with van der Waals surface area (Å²) >= 11 is 0. The maximum atomic E-state index is 13.4. The van der Waals surface area contributed by atoms with E-state index in [9.17, 15) is 21.6 Å². The van der Waals surface area contributed by atoms with E-state index in [-0.39, 0.29) is 23.2 Å². The molecule has 1 saturated heterocycles. The summed E-state index contributed by atoms with van der Waals surface area (Å²) in [6.07, 6.45) is -1.34. The number of rotatable bonds is 6. The van der Waals surface area contributed by atoms with Crippen molar-refractivity contribution in [3.05, 3.63) is 54.2 Å². The van der Waals surface area contributed by atoms with Gasteiger partial charge >= 0.3 is 6.18 Å². The fourth-order valence-electron chi connectivity index (χ4n) is 4.35. The largest absolute Gasteiger partial charge is 0.406 e. The summed E-state index contributed by atoms with van der Waals surface area (Å²) in [5, 5.41) is 7.24. The first-order chi connectivity index (χ1) is 17.0. The number of hydrogen-bond donors (Lipinski definition) is 2. The first-order valence-corrected chi connectivity index (χ1v) is 13.6. The Kier molecular flexibility index (Phi) is 7.52. The monoisotopic (exact) mass is 518 g/mol. The van der Waals surface area contributed by atoms with E-state index >= 15 is 0 Å². The SMILES string of the molecule is CN1CCC(Nc2cccc3c2cc(C#CCNc2cccc(S(C)(=O)=O)c2)n3CC(F)(F)F)CC1. The van der Waals surface area contributed by atoms with Crippen LogP contribution < -0.4 is 10.6 Å². The summed E-state index contributed by atoms with van der Waals surface area (Å²) < 4.78 is 65.0. The number of piperidine rings is 1. The van der Waals surface area contributed by atoms with Gasteiger partial charge in [0.25, 0.3) is 0 Å². The molecule has 10 heteroatoms. The summed E-state index contributed by atoms with van der Waals surface area (Å²) in [5.41, 5.74) is 2.12. The highest BCUT2D eigenvalue weighted by Gasteiger charge is 2.30. The van der Waals surface area contributed by atoms with Gasteiger partial charge in [-0.05, 0) is 75.3 Å². The molecular formula is C26H29F3N4O2S. The topological polar surface area (TPSA) is 66.4 Å². The maximum absolute atomic E-state index is 13.4. The Morgan fingerprint density at radius 3 is 2.50 bits per heavy atom. The number of nitrogens with zero attached hydrogens (tertiary/aromatic N) is 2. The van der Waals surface area contributed by atoms with E-state index in [0.29, 0.717) is 16.6 Å². The fourth-order valence-corrected chi connectivity index (χ4v) is 5.02. The molecule has 0 unspecified atom stereocenters. The van der Waals surface area contributed by atoms with Gasteiger partial charge in [0.2, 0.25) is 0 Å². The molecule has 1 aliphatic heterocycles. The molecule has 0 aliphatic carbocycles. The normalized spacial score (nSPS) is 15.5. The molecule has 2 N–H and O–H groups in total. The average molecular weight is 519 g/mol. The molecular weight excluding hydrogens is 489 g/mol. The minimum Gasteiger partial charge on any atom is -0.382 e. The number of alkyl halides is 3. The van der Waals surface area contributed by atoms with Crippen LogP contribution >= 0.6 is 0 Å². The summed E-state index contributed by atoms with van der Waals surface area (Å²) in [5.74, 6) is 5.75. The van der Waals surface area contributed by atoms with Gasteiger partial charge in [-0.15, -0.1) is 0 Å². The number of anilines is 2. The van der Waals surface area contributed by atoms with Crippen LogP contribution in [0.15, 0.2) is 53.4 Å². The van der Waals surface area contributed by atoms with Gasteiger partial charge in [0, 0.05) is 29.1 Å². The van der Waals surface area contributed by atoms with Crippen molar-refractivity contribution in [2.75, 3.05) is 43.6 Å². The number of benzene rings is 2. The Hall–Kier alpha value is -3.16. The lowest BCUT2D eigenvalue weighted by atomic mass is 10.0. The Morgan fingerprint density at radius 2 is 1.81 bits per heavy atom. The Balaban J connectivity index is 1.59. The van der Waals surface area contributed by atoms with Crippen LogP contribution in [0, 0.1) is 11.8 Å². The van der Waals surface area contributed by atoms with Crippen molar-refractivity contribution >= 4 is 32.1 Å². The van der Waals surface area contributed by atoms with E-state index in [1.165, 1.54) is 16.7 Å². The smallest absolute Gasteiger partial charge is 0.382 e. The van der Waals surface area contributed by atoms with E-state index in [1.807, 2.05) is 6.07 Å². The van der Waals surface area contributed by atoms with Crippen LogP contribution in [0.5, 0.6) is 0 Å². The zero-order valence-corrected chi connectivity index (χ0v) is 21.0. The Bertz CT molecular complexity index is 1400. The van der Waals surface area contributed by atoms with Gasteiger partial charge in [-0.2, -0.15) is 13.2 Å². The Morgan fingerprint density at radius 1 is 1.08 bits per heavy atom. The second-order valence-electron chi connectivity index (χ2n) is 9.15. The van der Waals surface area contributed by atoms with Gasteiger partial charge in [0.1, 0.15) is 6.54 Å². The number of likely N-dealkylation sites (tertiary alicyclic amines) is 1. The van der Waals surface area contributed by atoms with Gasteiger partial charge in [-0.3, -0.25) is 0 Å². The third kappa shape index (κ3) is 6.53. The van der Waals surface area contributed by atoms with Gasteiger partial charge in [0.05, 0.1) is 22.7 Å². The molecule has 0 atom stereocenters. The lowest BCUT2D eigenvalue weighted by Crippen LogP contribution is -2.36. The van der Waals surface area contributed by atoms with E-state index in [4.69, 9.17) is 0 Å². The molecule has 1 aromatic heterocycles. The van der Waals surface area contributed by atoms with Crippen LogP contribution in [0.25, 0.3) is 10.9 Å². The number of fused-ring (bicyclic) bond motifs is 1. The molecule has 4 rings (SSSR count). The van der Waals surface area contributed by atoms with E-state index in [2.05, 4.69) is 34.4 Å². The van der Waals surface area contributed by atoms with Crippen LogP contribution in [0.1, 0.15) is 18.5 Å². The zero-order valence-electron chi connectivity index (χ0n) is 20.2. The lowest BCUT2D eigenvalue weighted by Gasteiger charge is -2.30. The molecule has 0 radical (unpaired) electrons. The second-order valence-corrected chi connectivity index (χ2v) is 11.2. The predicted octanol–water partition coefficient (Wildman–Crippen LogP) is 4.58. The van der Waals surface area contributed by atoms with Crippen molar-refractivity contribution in [3.63, 3.8) is 0 Å². The molecule has 3 aromatic rings. The molecule has 1 fully saturated rings. The quantitative estimate of drug-likeness (QED) is 0.468. The average Bonchev–Trinajstić information content (AvgIpc) is 3.15. The number of aromatic nitrogens is 1. The number of sulfone groups is 1. The van der Waals surface area contributed by atoms with Crippen LogP contribution in [0.3, 0.4) is 0 Å². The van der Waals surface area contributed by atoms with E-state index in [0.717, 1.165) is 37.9 Å².